The van der Waals surface area contributed by atoms with Crippen molar-refractivity contribution in [2.45, 2.75) is 76.8 Å². The smallest absolute Gasteiger partial charge is 0.327 e. The lowest BCUT2D eigenvalue weighted by Crippen LogP contribution is -2.59. The Bertz CT molecular complexity index is 1050. The van der Waals surface area contributed by atoms with Crippen molar-refractivity contribution in [3.05, 3.63) is 18.2 Å². The predicted octanol–water partition coefficient (Wildman–Crippen LogP) is -3.20. The summed E-state index contributed by atoms with van der Waals surface area (Å²) >= 11 is 3.91. The topological polar surface area (TPSA) is 258 Å². The molecule has 0 aliphatic carbocycles. The molecule has 0 aliphatic rings. The Morgan fingerprint density at radius 1 is 0.854 bits per heavy atom. The van der Waals surface area contributed by atoms with Crippen LogP contribution in [0.3, 0.4) is 0 Å². The zero-order chi connectivity index (χ0) is 31.3. The third kappa shape index (κ3) is 12.1. The fourth-order valence-electron chi connectivity index (χ4n) is 3.45. The van der Waals surface area contributed by atoms with Gasteiger partial charge in [-0.2, -0.15) is 12.6 Å². The van der Waals surface area contributed by atoms with E-state index in [4.69, 9.17) is 5.73 Å². The number of nitrogens with one attached hydrogen (secondary N) is 6. The van der Waals surface area contributed by atoms with Gasteiger partial charge in [0.25, 0.3) is 0 Å². The number of hydrogen-bond donors (Lipinski definition) is 10. The molecule has 0 saturated carbocycles. The third-order valence-electron chi connectivity index (χ3n) is 5.79. The molecule has 0 unspecified atom stereocenters. The predicted molar refractivity (Wildman–Crippen MR) is 149 cm³/mol. The number of aromatic nitrogens is 2. The van der Waals surface area contributed by atoms with E-state index in [0.717, 1.165) is 0 Å². The molecular formula is C24H40N8O8S. The Kier molecular flexibility index (Phi) is 14.8. The van der Waals surface area contributed by atoms with Crippen LogP contribution in [0.15, 0.2) is 12.5 Å². The minimum absolute atomic E-state index is 0.0568. The van der Waals surface area contributed by atoms with Crippen molar-refractivity contribution in [3.63, 3.8) is 0 Å². The lowest BCUT2D eigenvalue weighted by molar-refractivity contribution is -0.141. The maximum atomic E-state index is 12.8. The third-order valence-corrected chi connectivity index (χ3v) is 6.16. The number of imidazole rings is 1. The van der Waals surface area contributed by atoms with E-state index in [2.05, 4.69) is 49.2 Å². The maximum absolute atomic E-state index is 12.8. The molecular weight excluding hydrogens is 560 g/mol. The van der Waals surface area contributed by atoms with Crippen LogP contribution in [0.2, 0.25) is 0 Å². The number of carboxylic acid groups (broad SMARTS) is 1. The van der Waals surface area contributed by atoms with Crippen LogP contribution in [0.1, 0.15) is 39.8 Å². The van der Waals surface area contributed by atoms with Gasteiger partial charge in [0.1, 0.15) is 30.2 Å². The summed E-state index contributed by atoms with van der Waals surface area (Å²) in [6, 6.07) is -7.12. The molecule has 0 spiro atoms. The largest absolute Gasteiger partial charge is 0.480 e. The van der Waals surface area contributed by atoms with E-state index in [-0.39, 0.29) is 18.1 Å². The van der Waals surface area contributed by atoms with Crippen molar-refractivity contribution in [1.82, 2.24) is 36.6 Å². The Morgan fingerprint density at radius 3 is 1.85 bits per heavy atom. The van der Waals surface area contributed by atoms with Gasteiger partial charge in [-0.1, -0.05) is 13.8 Å². The summed E-state index contributed by atoms with van der Waals surface area (Å²) in [6.07, 6.45) is 3.10. The normalized spacial score (nSPS) is 15.4. The van der Waals surface area contributed by atoms with Crippen LogP contribution >= 0.6 is 12.6 Å². The van der Waals surface area contributed by atoms with Gasteiger partial charge in [0, 0.05) is 24.1 Å². The van der Waals surface area contributed by atoms with Crippen molar-refractivity contribution in [2.75, 3.05) is 12.4 Å². The summed E-state index contributed by atoms with van der Waals surface area (Å²) in [6.45, 7) is 5.67. The molecule has 5 amide bonds. The van der Waals surface area contributed by atoms with E-state index < -0.39 is 78.4 Å². The summed E-state index contributed by atoms with van der Waals surface area (Å²) in [5.41, 5.74) is 6.28. The summed E-state index contributed by atoms with van der Waals surface area (Å²) in [4.78, 5) is 80.9. The number of hydrogen-bond acceptors (Lipinski definition) is 10. The van der Waals surface area contributed by atoms with Gasteiger partial charge < -0.3 is 47.5 Å². The molecule has 0 saturated heterocycles. The highest BCUT2D eigenvalue weighted by Crippen LogP contribution is 2.04. The first-order chi connectivity index (χ1) is 19.2. The van der Waals surface area contributed by atoms with Gasteiger partial charge in [0.2, 0.25) is 29.5 Å². The van der Waals surface area contributed by atoms with Gasteiger partial charge in [-0.3, -0.25) is 24.0 Å². The molecule has 230 valence electrons. The summed E-state index contributed by atoms with van der Waals surface area (Å²) in [7, 11) is 0. The highest BCUT2D eigenvalue weighted by molar-refractivity contribution is 7.80. The van der Waals surface area contributed by atoms with Crippen molar-refractivity contribution in [1.29, 1.82) is 0 Å². The number of carboxylic acids is 1. The molecule has 1 heterocycles. The molecule has 16 nitrogen and oxygen atoms in total. The minimum atomic E-state index is -1.36. The molecule has 0 bridgehead atoms. The highest BCUT2D eigenvalue weighted by Gasteiger charge is 2.30. The molecule has 6 atom stereocenters. The average molecular weight is 601 g/mol. The summed E-state index contributed by atoms with van der Waals surface area (Å²) in [5.74, 6) is -5.17. The quantitative estimate of drug-likeness (QED) is 0.0801. The molecule has 1 aromatic heterocycles. The summed E-state index contributed by atoms with van der Waals surface area (Å²) < 4.78 is 0. The first-order valence-corrected chi connectivity index (χ1v) is 13.5. The number of nitrogens with zero attached hydrogens (tertiary/aromatic N) is 1. The van der Waals surface area contributed by atoms with Gasteiger partial charge in [-0.25, -0.2) is 9.78 Å². The Balaban J connectivity index is 2.78. The van der Waals surface area contributed by atoms with Crippen molar-refractivity contribution < 1.29 is 39.0 Å². The van der Waals surface area contributed by atoms with E-state index in [1.54, 1.807) is 0 Å². The Labute approximate surface area is 242 Å². The van der Waals surface area contributed by atoms with Gasteiger partial charge >= 0.3 is 5.97 Å². The van der Waals surface area contributed by atoms with Crippen LogP contribution in [0.4, 0.5) is 0 Å². The number of nitrogens with two attached hydrogens (primary N) is 1. The number of aliphatic hydroxyl groups is 1. The number of H-pyrrole nitrogens is 1. The van der Waals surface area contributed by atoms with E-state index in [9.17, 15) is 39.0 Å². The standard InChI is InChI=1S/C24H40N8O8S/c1-11(2)5-15(25)21(36)31-17(8-33)23(38)29-12(3)19(34)28-13(4)20(35)30-16(6-14-7-26-10-27-14)22(37)32-18(9-41)24(39)40/h7,10-13,15-18,33,41H,5-6,8-9,25H2,1-4H3,(H,26,27)(H,28,34)(H,29,38)(H,30,35)(H,31,36)(H,32,37)(H,39,40)/t12-,13-,15-,16-,17-,18-/m0/s1. The highest BCUT2D eigenvalue weighted by atomic mass is 32.1. The SMILES string of the molecule is CC(C)C[C@H](N)C(=O)N[C@@H](CO)C(=O)N[C@@H](C)C(=O)N[C@@H](C)C(=O)N[C@@H](Cc1cnc[nH]1)C(=O)N[C@@H](CS)C(=O)O. The zero-order valence-corrected chi connectivity index (χ0v) is 24.2. The Hall–Kier alpha value is -3.70. The Morgan fingerprint density at radius 2 is 1.37 bits per heavy atom. The molecule has 0 aliphatic heterocycles. The number of rotatable bonds is 17. The average Bonchev–Trinajstić information content (AvgIpc) is 3.41. The number of aliphatic carboxylic acids is 1. The van der Waals surface area contributed by atoms with Crippen LogP contribution in [-0.4, -0.2) is 104 Å². The van der Waals surface area contributed by atoms with E-state index in [1.165, 1.54) is 26.4 Å². The first kappa shape index (κ1) is 35.3. The van der Waals surface area contributed by atoms with Crippen LogP contribution in [0.25, 0.3) is 0 Å². The number of amides is 5. The zero-order valence-electron chi connectivity index (χ0n) is 23.3. The van der Waals surface area contributed by atoms with Gasteiger partial charge in [0.15, 0.2) is 0 Å². The van der Waals surface area contributed by atoms with E-state index in [1.807, 2.05) is 13.8 Å². The molecule has 0 aromatic carbocycles. The lowest BCUT2D eigenvalue weighted by Gasteiger charge is -2.24. The number of aromatic amines is 1. The second-order valence-corrected chi connectivity index (χ2v) is 10.2. The monoisotopic (exact) mass is 600 g/mol. The summed E-state index contributed by atoms with van der Waals surface area (Å²) in [5, 5.41) is 30.6. The van der Waals surface area contributed by atoms with Crippen LogP contribution < -0.4 is 32.3 Å². The number of carbonyl (C=O) groups excluding carboxylic acids is 5. The fourth-order valence-corrected chi connectivity index (χ4v) is 3.70. The van der Waals surface area contributed by atoms with Gasteiger partial charge in [0.05, 0.1) is 19.0 Å². The molecule has 0 fully saturated rings. The molecule has 41 heavy (non-hydrogen) atoms. The molecule has 1 rings (SSSR count). The first-order valence-electron chi connectivity index (χ1n) is 12.9. The second-order valence-electron chi connectivity index (χ2n) is 9.86. The maximum Gasteiger partial charge on any atom is 0.327 e. The molecule has 17 heteroatoms. The van der Waals surface area contributed by atoms with Crippen LogP contribution in [0, 0.1) is 5.92 Å². The fraction of sp³-hybridized carbons (Fsp3) is 0.625. The molecule has 1 aromatic rings. The van der Waals surface area contributed by atoms with Gasteiger partial charge in [-0.05, 0) is 26.2 Å². The minimum Gasteiger partial charge on any atom is -0.480 e. The van der Waals surface area contributed by atoms with E-state index in [0.29, 0.717) is 12.1 Å². The lowest BCUT2D eigenvalue weighted by atomic mass is 10.0. The van der Waals surface area contributed by atoms with Gasteiger partial charge in [-0.15, -0.1) is 0 Å². The van der Waals surface area contributed by atoms with Crippen LogP contribution in [-0.2, 0) is 35.2 Å². The molecule has 10 N–H and O–H groups in total. The van der Waals surface area contributed by atoms with E-state index >= 15 is 0 Å². The number of aliphatic hydroxyl groups excluding tert-OH is 1. The van der Waals surface area contributed by atoms with Crippen molar-refractivity contribution >= 4 is 48.1 Å². The van der Waals surface area contributed by atoms with Crippen molar-refractivity contribution in [3.8, 4) is 0 Å². The van der Waals surface area contributed by atoms with Crippen molar-refractivity contribution in [2.24, 2.45) is 11.7 Å². The number of carbonyl (C=O) groups is 6. The number of thiol groups is 1. The molecule has 0 radical (unpaired) electrons. The van der Waals surface area contributed by atoms with Crippen LogP contribution in [0.5, 0.6) is 0 Å². The second kappa shape index (κ2) is 17.2.